The monoisotopic (exact) mass is 290 g/mol. The lowest BCUT2D eigenvalue weighted by molar-refractivity contribution is -0.121. The van der Waals surface area contributed by atoms with Gasteiger partial charge in [-0.2, -0.15) is 0 Å². The maximum atomic E-state index is 11.6. The van der Waals surface area contributed by atoms with E-state index in [1.165, 1.54) is 38.4 Å². The van der Waals surface area contributed by atoms with Crippen LogP contribution in [0.25, 0.3) is 0 Å². The average Bonchev–Trinajstić information content (AvgIpc) is 2.25. The number of likely N-dealkylation sites (tertiary alicyclic amines) is 1. The molecular formula is C13H26N2O3S. The molecule has 1 saturated heterocycles. The van der Waals surface area contributed by atoms with E-state index >= 15 is 0 Å². The Hall–Kier alpha value is -0.620. The van der Waals surface area contributed by atoms with Gasteiger partial charge in [0, 0.05) is 25.8 Å². The molecule has 0 spiro atoms. The Balaban J connectivity index is 2.14. The highest BCUT2D eigenvalue weighted by atomic mass is 32.2. The zero-order valence-electron chi connectivity index (χ0n) is 11.9. The Morgan fingerprint density at radius 3 is 2.26 bits per heavy atom. The molecule has 112 valence electrons. The molecular weight excluding hydrogens is 264 g/mol. The molecule has 0 aromatic heterocycles. The van der Waals surface area contributed by atoms with E-state index in [1.54, 1.807) is 0 Å². The van der Waals surface area contributed by atoms with Gasteiger partial charge in [0.15, 0.2) is 0 Å². The largest absolute Gasteiger partial charge is 0.355 e. The molecule has 1 fully saturated rings. The molecule has 0 aromatic carbocycles. The second kappa shape index (κ2) is 8.53. The smallest absolute Gasteiger partial charge is 0.221 e. The highest BCUT2D eigenvalue weighted by molar-refractivity contribution is 7.90. The van der Waals surface area contributed by atoms with Gasteiger partial charge < -0.3 is 10.2 Å². The molecule has 1 aliphatic heterocycles. The fourth-order valence-corrected chi connectivity index (χ4v) is 2.73. The van der Waals surface area contributed by atoms with Crippen molar-refractivity contribution in [2.24, 2.45) is 0 Å². The molecule has 0 bridgehead atoms. The summed E-state index contributed by atoms with van der Waals surface area (Å²) in [5, 5.41) is 2.66. The van der Waals surface area contributed by atoms with Crippen molar-refractivity contribution in [3.63, 3.8) is 0 Å². The second-order valence-electron chi connectivity index (χ2n) is 5.34. The van der Waals surface area contributed by atoms with Gasteiger partial charge in [-0.15, -0.1) is 0 Å². The Morgan fingerprint density at radius 2 is 1.68 bits per heavy atom. The SMILES string of the molecule is CS(=O)(=O)CCNC(=O)CCN1CCCCCCC1. The number of rotatable bonds is 6. The number of nitrogens with one attached hydrogen (secondary N) is 1. The van der Waals surface area contributed by atoms with Crippen molar-refractivity contribution >= 4 is 15.7 Å². The van der Waals surface area contributed by atoms with Crippen LogP contribution in [0.5, 0.6) is 0 Å². The molecule has 19 heavy (non-hydrogen) atoms. The van der Waals surface area contributed by atoms with Crippen molar-refractivity contribution in [2.75, 3.05) is 38.2 Å². The first kappa shape index (κ1) is 16.4. The fourth-order valence-electron chi connectivity index (χ4n) is 2.26. The average molecular weight is 290 g/mol. The summed E-state index contributed by atoms with van der Waals surface area (Å²) >= 11 is 0. The summed E-state index contributed by atoms with van der Waals surface area (Å²) < 4.78 is 21.9. The fraction of sp³-hybridized carbons (Fsp3) is 0.923. The van der Waals surface area contributed by atoms with Crippen LogP contribution in [0.4, 0.5) is 0 Å². The molecule has 0 radical (unpaired) electrons. The lowest BCUT2D eigenvalue weighted by Crippen LogP contribution is -2.34. The first-order valence-electron chi connectivity index (χ1n) is 7.14. The lowest BCUT2D eigenvalue weighted by Gasteiger charge is -2.24. The second-order valence-corrected chi connectivity index (χ2v) is 7.60. The van der Waals surface area contributed by atoms with Gasteiger partial charge >= 0.3 is 0 Å². The summed E-state index contributed by atoms with van der Waals surface area (Å²) in [6.07, 6.45) is 7.99. The predicted molar refractivity (Wildman–Crippen MR) is 76.9 cm³/mol. The minimum absolute atomic E-state index is 0.0163. The Morgan fingerprint density at radius 1 is 1.11 bits per heavy atom. The molecule has 0 aliphatic carbocycles. The molecule has 6 heteroatoms. The molecule has 1 amide bonds. The van der Waals surface area contributed by atoms with Gasteiger partial charge in [-0.05, 0) is 25.9 Å². The third-order valence-corrected chi connectivity index (χ3v) is 4.34. The van der Waals surface area contributed by atoms with Gasteiger partial charge in [-0.3, -0.25) is 4.79 Å². The number of hydrogen-bond acceptors (Lipinski definition) is 4. The first-order valence-corrected chi connectivity index (χ1v) is 9.20. The third kappa shape index (κ3) is 8.99. The van der Waals surface area contributed by atoms with Gasteiger partial charge in [0.1, 0.15) is 9.84 Å². The van der Waals surface area contributed by atoms with Gasteiger partial charge in [-0.1, -0.05) is 19.3 Å². The van der Waals surface area contributed by atoms with Gasteiger partial charge in [0.25, 0.3) is 0 Å². The molecule has 1 aliphatic rings. The first-order chi connectivity index (χ1) is 8.97. The van der Waals surface area contributed by atoms with Crippen LogP contribution in [-0.4, -0.2) is 57.4 Å². The number of carbonyl (C=O) groups is 1. The Bertz CT molecular complexity index is 360. The number of amides is 1. The predicted octanol–water partition coefficient (Wildman–Crippen LogP) is 0.803. The minimum Gasteiger partial charge on any atom is -0.355 e. The summed E-state index contributed by atoms with van der Waals surface area (Å²) in [5.41, 5.74) is 0. The highest BCUT2D eigenvalue weighted by Gasteiger charge is 2.10. The normalized spacial score (nSPS) is 18.6. The maximum Gasteiger partial charge on any atom is 0.221 e. The van der Waals surface area contributed by atoms with Crippen LogP contribution in [0.15, 0.2) is 0 Å². The summed E-state index contributed by atoms with van der Waals surface area (Å²) in [4.78, 5) is 13.9. The van der Waals surface area contributed by atoms with E-state index in [9.17, 15) is 13.2 Å². The van der Waals surface area contributed by atoms with Crippen LogP contribution in [0, 0.1) is 0 Å². The lowest BCUT2D eigenvalue weighted by atomic mass is 10.1. The molecule has 0 unspecified atom stereocenters. The van der Waals surface area contributed by atoms with Crippen LogP contribution < -0.4 is 5.32 Å². The van der Waals surface area contributed by atoms with E-state index in [0.29, 0.717) is 6.42 Å². The number of carbonyl (C=O) groups excluding carboxylic acids is 1. The van der Waals surface area contributed by atoms with E-state index in [2.05, 4.69) is 10.2 Å². The van der Waals surface area contributed by atoms with Crippen LogP contribution >= 0.6 is 0 Å². The highest BCUT2D eigenvalue weighted by Crippen LogP contribution is 2.10. The topological polar surface area (TPSA) is 66.5 Å². The van der Waals surface area contributed by atoms with Crippen molar-refractivity contribution in [1.82, 2.24) is 10.2 Å². The molecule has 0 saturated carbocycles. The third-order valence-electron chi connectivity index (χ3n) is 3.40. The van der Waals surface area contributed by atoms with E-state index < -0.39 is 9.84 Å². The van der Waals surface area contributed by atoms with Crippen molar-refractivity contribution in [3.8, 4) is 0 Å². The van der Waals surface area contributed by atoms with Crippen molar-refractivity contribution in [3.05, 3.63) is 0 Å². The van der Waals surface area contributed by atoms with Crippen molar-refractivity contribution < 1.29 is 13.2 Å². The summed E-state index contributed by atoms with van der Waals surface area (Å²) in [6.45, 7) is 3.16. The zero-order chi connectivity index (χ0) is 14.1. The summed E-state index contributed by atoms with van der Waals surface area (Å²) in [5.74, 6) is -0.0339. The minimum atomic E-state index is -2.99. The quantitative estimate of drug-likeness (QED) is 0.786. The van der Waals surface area contributed by atoms with E-state index in [4.69, 9.17) is 0 Å². The zero-order valence-corrected chi connectivity index (χ0v) is 12.7. The van der Waals surface area contributed by atoms with E-state index in [1.807, 2.05) is 0 Å². The standard InChI is InChI=1S/C13H26N2O3S/c1-19(17,18)12-8-14-13(16)7-11-15-9-5-3-2-4-6-10-15/h2-12H2,1H3,(H,14,16). The number of hydrogen-bond donors (Lipinski definition) is 1. The maximum absolute atomic E-state index is 11.6. The number of nitrogens with zero attached hydrogens (tertiary/aromatic N) is 1. The molecule has 1 N–H and O–H groups in total. The molecule has 0 atom stereocenters. The van der Waals surface area contributed by atoms with Crippen LogP contribution in [0.3, 0.4) is 0 Å². The van der Waals surface area contributed by atoms with Gasteiger partial charge in [0.05, 0.1) is 5.75 Å². The van der Waals surface area contributed by atoms with Gasteiger partial charge in [-0.25, -0.2) is 8.42 Å². The molecule has 1 rings (SSSR count). The molecule has 1 heterocycles. The van der Waals surface area contributed by atoms with E-state index in [-0.39, 0.29) is 18.2 Å². The van der Waals surface area contributed by atoms with Crippen LogP contribution in [0.2, 0.25) is 0 Å². The summed E-state index contributed by atoms with van der Waals surface area (Å²) in [7, 11) is -2.99. The van der Waals surface area contributed by atoms with Crippen LogP contribution in [-0.2, 0) is 14.6 Å². The number of sulfone groups is 1. The Kier molecular flexibility index (Phi) is 7.38. The van der Waals surface area contributed by atoms with Crippen LogP contribution in [0.1, 0.15) is 38.5 Å². The Labute approximate surface area is 116 Å². The van der Waals surface area contributed by atoms with Gasteiger partial charge in [0.2, 0.25) is 5.91 Å². The van der Waals surface area contributed by atoms with Crippen molar-refractivity contribution in [1.29, 1.82) is 0 Å². The van der Waals surface area contributed by atoms with E-state index in [0.717, 1.165) is 19.6 Å². The molecule has 0 aromatic rings. The van der Waals surface area contributed by atoms with Crippen molar-refractivity contribution in [2.45, 2.75) is 38.5 Å². The molecule has 5 nitrogen and oxygen atoms in total. The summed E-state index contributed by atoms with van der Waals surface area (Å²) in [6, 6.07) is 0.